The standard InChI is InChI=1S/2C12H8N2O4.4C3H7NO.4ClH.2Cu/c2*15-11(16)7-1-3-9(13-5-7)10-4-2-8(6-14-10)12(17)18;4*1-4(2)3-5;;;;;;/h2*1-6H,(H,15,16)(H,17,18);4*3H,1-2H3;4*1H;;/q;;;;;;;;;;2*+1/p-2. The molecular formula is C36H46Cl4Cu2N8O12. The molecule has 0 unspecified atom stereocenters. The molecule has 6 N–H and O–H groups in total. The summed E-state index contributed by atoms with van der Waals surface area (Å²) in [6.45, 7) is 0. The number of hydrogen-bond donors (Lipinski definition) is 4. The van der Waals surface area contributed by atoms with E-state index in [1.54, 1.807) is 68.5 Å². The molecule has 26 heteroatoms. The minimum Gasteiger partial charge on any atom is -1.00 e. The van der Waals surface area contributed by atoms with E-state index in [0.29, 0.717) is 22.8 Å². The van der Waals surface area contributed by atoms with Gasteiger partial charge in [-0.15, -0.1) is 0 Å². The quantitative estimate of drug-likeness (QED) is 0.0652. The average molecular weight is 1050 g/mol. The predicted molar refractivity (Wildman–Crippen MR) is 205 cm³/mol. The van der Waals surface area contributed by atoms with Gasteiger partial charge in [0.2, 0.25) is 25.6 Å². The number of hydrogen-bond acceptors (Lipinski definition) is 10. The number of aliphatic hydroxyl groups excluding tert-OH is 2. The predicted octanol–water partition coefficient (Wildman–Crippen LogP) is -10.7. The first kappa shape index (κ1) is 74.0. The Morgan fingerprint density at radius 2 is 0.581 bits per heavy atom. The zero-order valence-corrected chi connectivity index (χ0v) is 39.0. The molecule has 0 aromatic carbocycles. The Morgan fingerprint density at radius 3 is 0.677 bits per heavy atom. The molecule has 4 aromatic heterocycles. The molecule has 4 rings (SSSR count). The van der Waals surface area contributed by atoms with Crippen LogP contribution in [-0.4, -0.2) is 175 Å². The van der Waals surface area contributed by atoms with Crippen LogP contribution in [0.4, 0.5) is 0 Å². The third-order valence-corrected chi connectivity index (χ3v) is 5.43. The molecule has 352 valence electrons. The van der Waals surface area contributed by atoms with Crippen molar-refractivity contribution < 1.29 is 143 Å². The average Bonchev–Trinajstić information content (AvgIpc) is 3.19. The van der Waals surface area contributed by atoms with Gasteiger partial charge in [-0.05, 0) is 48.5 Å². The molecule has 0 aliphatic carbocycles. The van der Waals surface area contributed by atoms with E-state index in [0.717, 1.165) is 25.6 Å². The first-order valence-corrected chi connectivity index (χ1v) is 15.5. The van der Waals surface area contributed by atoms with Crippen LogP contribution >= 0.6 is 0 Å². The van der Waals surface area contributed by atoms with Crippen LogP contribution in [0.2, 0.25) is 0 Å². The van der Waals surface area contributed by atoms with Gasteiger partial charge in [-0.2, -0.15) is 0 Å². The van der Waals surface area contributed by atoms with Crippen LogP contribution in [0.1, 0.15) is 31.8 Å². The fourth-order valence-electron chi connectivity index (χ4n) is 2.70. The number of nitrogens with zero attached hydrogens (tertiary/aromatic N) is 8. The number of carbonyl (C=O) groups is 6. The van der Waals surface area contributed by atoms with E-state index in [-0.39, 0.29) is 106 Å². The topological polar surface area (TPSA) is 291 Å². The van der Waals surface area contributed by atoms with Gasteiger partial charge in [-0.3, -0.25) is 39.1 Å². The second-order valence-electron chi connectivity index (χ2n) is 11.3. The van der Waals surface area contributed by atoms with E-state index < -0.39 is 23.9 Å². The van der Waals surface area contributed by atoms with Gasteiger partial charge in [0, 0.05) is 81.2 Å². The second-order valence-corrected chi connectivity index (χ2v) is 11.3. The van der Waals surface area contributed by atoms with Gasteiger partial charge in [-0.1, -0.05) is 0 Å². The van der Waals surface area contributed by atoms with Crippen LogP contribution in [0.5, 0.6) is 0 Å². The van der Waals surface area contributed by atoms with E-state index in [1.165, 1.54) is 80.8 Å². The van der Waals surface area contributed by atoms with Crippen LogP contribution in [-0.2, 0) is 53.3 Å². The van der Waals surface area contributed by atoms with Crippen LogP contribution in [0.25, 0.3) is 22.8 Å². The summed E-state index contributed by atoms with van der Waals surface area (Å²) in [5.41, 5.74) is 2.61. The minimum absolute atomic E-state index is 0. The molecule has 4 amide bonds. The maximum Gasteiger partial charge on any atom is 1.00 e. The van der Waals surface area contributed by atoms with E-state index in [2.05, 4.69) is 19.9 Å². The Morgan fingerprint density at radius 1 is 0.419 bits per heavy atom. The van der Waals surface area contributed by atoms with Crippen molar-refractivity contribution in [3.8, 4) is 22.8 Å². The van der Waals surface area contributed by atoms with Crippen molar-refractivity contribution >= 4 is 49.5 Å². The van der Waals surface area contributed by atoms with Crippen molar-refractivity contribution in [3.05, 3.63) is 95.6 Å². The molecule has 0 atom stereocenters. The third kappa shape index (κ3) is 35.3. The zero-order chi connectivity index (χ0) is 43.4. The van der Waals surface area contributed by atoms with Crippen LogP contribution in [0, 0.1) is 0 Å². The first-order valence-electron chi connectivity index (χ1n) is 15.5. The zero-order valence-electron chi connectivity index (χ0n) is 34.1. The fraction of sp³-hybridized carbons (Fsp3) is 0.222. The molecule has 0 bridgehead atoms. The molecule has 62 heavy (non-hydrogen) atoms. The van der Waals surface area contributed by atoms with Crippen molar-refractivity contribution in [2.45, 2.75) is 0 Å². The molecule has 20 nitrogen and oxygen atoms in total. The maximum absolute atomic E-state index is 10.7. The molecule has 0 radical (unpaired) electrons. The Balaban J connectivity index is -0.000000103. The van der Waals surface area contributed by atoms with Crippen molar-refractivity contribution in [2.24, 2.45) is 0 Å². The molecule has 0 aliphatic rings. The van der Waals surface area contributed by atoms with Gasteiger partial charge >= 0.3 is 58.0 Å². The van der Waals surface area contributed by atoms with E-state index in [1.807, 2.05) is 0 Å². The molecule has 0 saturated heterocycles. The van der Waals surface area contributed by atoms with Crippen molar-refractivity contribution in [3.63, 3.8) is 0 Å². The van der Waals surface area contributed by atoms with Gasteiger partial charge in [-0.25, -0.2) is 9.59 Å². The SMILES string of the molecule is CN(C)C=O.CN(C)C=O.CN(C)C=O.CN(C)C=O.O=C(O)c1ccc(-c2ccc(C(O)=[OH+])cn2)nc1.O=C(O)c1ccc(-c2ccc(C(O)=[OH+])cn2)nc1.[Cl-].[Cl-].[Cl-].[Cl-].[Cu+].[Cu+]. The smallest absolute Gasteiger partial charge is 1.00 e. The summed E-state index contributed by atoms with van der Waals surface area (Å²) in [5.74, 6) is -3.69. The summed E-state index contributed by atoms with van der Waals surface area (Å²) in [7, 11) is 13.5. The number of aromatic carboxylic acids is 4. The molecule has 0 fully saturated rings. The minimum atomic E-state index is -1.04. The van der Waals surface area contributed by atoms with Crippen molar-refractivity contribution in [2.75, 3.05) is 56.4 Å². The van der Waals surface area contributed by atoms with Crippen LogP contribution < -0.4 is 49.6 Å². The summed E-state index contributed by atoms with van der Waals surface area (Å²) in [5, 5.41) is 35.1. The molecule has 0 aliphatic heterocycles. The number of pyridine rings is 4. The number of rotatable bonds is 10. The molecule has 0 saturated carbocycles. The van der Waals surface area contributed by atoms with Crippen LogP contribution in [0.15, 0.2) is 73.3 Å². The van der Waals surface area contributed by atoms with Gasteiger partial charge in [0.1, 0.15) is 11.1 Å². The van der Waals surface area contributed by atoms with Gasteiger partial charge in [0.25, 0.3) is 0 Å². The third-order valence-electron chi connectivity index (χ3n) is 5.43. The molecule has 0 spiro atoms. The fourth-order valence-corrected chi connectivity index (χ4v) is 2.70. The van der Waals surface area contributed by atoms with E-state index >= 15 is 0 Å². The van der Waals surface area contributed by atoms with Crippen molar-refractivity contribution in [1.29, 1.82) is 0 Å². The Kier molecular flexibility index (Phi) is 50.5. The Hall–Kier alpha value is -5.44. The summed E-state index contributed by atoms with van der Waals surface area (Å²) >= 11 is 0. The Bertz CT molecular complexity index is 1580. The van der Waals surface area contributed by atoms with Crippen molar-refractivity contribution in [1.82, 2.24) is 39.5 Å². The number of carboxylic acid groups (broad SMARTS) is 4. The van der Waals surface area contributed by atoms with Crippen LogP contribution in [0.3, 0.4) is 0 Å². The Labute approximate surface area is 404 Å². The largest absolute Gasteiger partial charge is 1.00 e. The molecular weight excluding hydrogens is 1010 g/mol. The number of amides is 4. The normalized spacial score (nSPS) is 8.00. The summed E-state index contributed by atoms with van der Waals surface area (Å²) in [6.07, 6.45) is 8.06. The van der Waals surface area contributed by atoms with Gasteiger partial charge in [0.05, 0.1) is 33.9 Å². The molecule has 4 aromatic rings. The van der Waals surface area contributed by atoms with E-state index in [4.69, 9.17) is 30.0 Å². The summed E-state index contributed by atoms with van der Waals surface area (Å²) < 4.78 is 0. The monoisotopic (exact) mass is 1050 g/mol. The first-order chi connectivity index (χ1) is 26.2. The molecule has 4 heterocycles. The van der Waals surface area contributed by atoms with Gasteiger partial charge in [0.15, 0.2) is 0 Å². The number of halogens is 4. The number of carbonyl (C=O) groups excluding carboxylic acids is 4. The van der Waals surface area contributed by atoms with Gasteiger partial charge < -0.3 is 99.2 Å². The summed E-state index contributed by atoms with van der Waals surface area (Å²) in [4.78, 5) is 98.4. The summed E-state index contributed by atoms with van der Waals surface area (Å²) in [6, 6.07) is 12.0. The number of aromatic nitrogens is 4. The maximum atomic E-state index is 10.7. The van der Waals surface area contributed by atoms with E-state index in [9.17, 15) is 28.8 Å². The number of carboxylic acids is 4. The second kappa shape index (κ2) is 42.3.